The highest BCUT2D eigenvalue weighted by Gasteiger charge is 2.18. The van der Waals surface area contributed by atoms with Crippen molar-refractivity contribution < 1.29 is 4.79 Å². The predicted octanol–water partition coefficient (Wildman–Crippen LogP) is 2.50. The van der Waals surface area contributed by atoms with Gasteiger partial charge in [0, 0.05) is 18.8 Å². The first-order chi connectivity index (χ1) is 9.43. The zero-order chi connectivity index (χ0) is 14.9. The van der Waals surface area contributed by atoms with Crippen molar-refractivity contribution >= 4 is 16.9 Å². The molecule has 2 aromatic heterocycles. The first-order valence-electron chi connectivity index (χ1n) is 7.05. The third-order valence-corrected chi connectivity index (χ3v) is 3.44. The van der Waals surface area contributed by atoms with E-state index in [9.17, 15) is 4.79 Å². The largest absolute Gasteiger partial charge is 0.350 e. The molecule has 0 radical (unpaired) electrons. The van der Waals surface area contributed by atoms with E-state index in [1.54, 1.807) is 4.68 Å². The zero-order valence-corrected chi connectivity index (χ0v) is 12.8. The number of hydrogen-bond acceptors (Lipinski definition) is 3. The van der Waals surface area contributed by atoms with Gasteiger partial charge in [-0.1, -0.05) is 13.3 Å². The first-order valence-corrected chi connectivity index (χ1v) is 7.05. The summed E-state index contributed by atoms with van der Waals surface area (Å²) in [7, 11) is 1.85. The van der Waals surface area contributed by atoms with E-state index in [-0.39, 0.29) is 11.9 Å². The van der Waals surface area contributed by atoms with Gasteiger partial charge in [0.2, 0.25) is 0 Å². The van der Waals surface area contributed by atoms with Gasteiger partial charge in [-0.3, -0.25) is 9.48 Å². The van der Waals surface area contributed by atoms with E-state index in [4.69, 9.17) is 0 Å². The number of aryl methyl sites for hydroxylation is 3. The number of pyridine rings is 1. The molecule has 1 atom stereocenters. The number of nitrogens with zero attached hydrogens (tertiary/aromatic N) is 3. The fourth-order valence-corrected chi connectivity index (χ4v) is 2.56. The van der Waals surface area contributed by atoms with Gasteiger partial charge in [0.1, 0.15) is 0 Å². The maximum atomic E-state index is 12.5. The van der Waals surface area contributed by atoms with E-state index in [1.165, 1.54) is 0 Å². The number of carbonyl (C=O) groups is 1. The summed E-state index contributed by atoms with van der Waals surface area (Å²) in [5.41, 5.74) is 3.09. The van der Waals surface area contributed by atoms with Gasteiger partial charge >= 0.3 is 0 Å². The minimum atomic E-state index is -0.0439. The average Bonchev–Trinajstić information content (AvgIpc) is 2.64. The number of hydrogen-bond donors (Lipinski definition) is 1. The molecule has 2 aromatic rings. The fraction of sp³-hybridized carbons (Fsp3) is 0.533. The van der Waals surface area contributed by atoms with Crippen LogP contribution < -0.4 is 5.32 Å². The maximum absolute atomic E-state index is 12.5. The highest BCUT2D eigenvalue weighted by Crippen LogP contribution is 2.21. The van der Waals surface area contributed by atoms with E-state index in [2.05, 4.69) is 22.3 Å². The highest BCUT2D eigenvalue weighted by molar-refractivity contribution is 6.06. The molecule has 108 valence electrons. The summed E-state index contributed by atoms with van der Waals surface area (Å²) in [5, 5.41) is 8.26. The Morgan fingerprint density at radius 3 is 2.80 bits per heavy atom. The van der Waals surface area contributed by atoms with E-state index < -0.39 is 0 Å². The molecule has 0 saturated heterocycles. The van der Waals surface area contributed by atoms with Crippen molar-refractivity contribution in [2.75, 3.05) is 0 Å². The minimum Gasteiger partial charge on any atom is -0.350 e. The van der Waals surface area contributed by atoms with Crippen LogP contribution in [0.1, 0.15) is 48.4 Å². The van der Waals surface area contributed by atoms with Gasteiger partial charge in [-0.25, -0.2) is 4.98 Å². The Balaban J connectivity index is 2.45. The Kier molecular flexibility index (Phi) is 4.06. The molecule has 0 aliphatic heterocycles. The molecule has 5 heteroatoms. The van der Waals surface area contributed by atoms with Crippen molar-refractivity contribution in [3.05, 3.63) is 23.0 Å². The van der Waals surface area contributed by atoms with Crippen molar-refractivity contribution in [1.29, 1.82) is 0 Å². The molecule has 2 heterocycles. The second-order valence-electron chi connectivity index (χ2n) is 5.38. The van der Waals surface area contributed by atoms with Crippen LogP contribution in [-0.4, -0.2) is 26.7 Å². The lowest BCUT2D eigenvalue weighted by Gasteiger charge is -2.13. The van der Waals surface area contributed by atoms with Crippen molar-refractivity contribution in [3.8, 4) is 0 Å². The molecule has 0 spiro atoms. The number of aromatic nitrogens is 3. The van der Waals surface area contributed by atoms with Crippen LogP contribution >= 0.6 is 0 Å². The lowest BCUT2D eigenvalue weighted by molar-refractivity contribution is 0.0940. The van der Waals surface area contributed by atoms with Crippen molar-refractivity contribution in [2.24, 2.45) is 7.05 Å². The molecule has 0 aliphatic carbocycles. The molecule has 1 amide bonds. The third kappa shape index (κ3) is 2.66. The molecule has 5 nitrogen and oxygen atoms in total. The summed E-state index contributed by atoms with van der Waals surface area (Å²) in [4.78, 5) is 17.0. The number of amides is 1. The standard InChI is InChI=1S/C15H22N4O/c1-6-7-9(2)17-15(20)12-8-10(3)16-14-13(12)11(4)18-19(14)5/h8-9H,6-7H2,1-5H3,(H,17,20)/t9-/m0/s1. The van der Waals surface area contributed by atoms with Crippen molar-refractivity contribution in [1.82, 2.24) is 20.1 Å². The van der Waals surface area contributed by atoms with Crippen LogP contribution in [0.3, 0.4) is 0 Å². The van der Waals surface area contributed by atoms with Gasteiger partial charge in [-0.15, -0.1) is 0 Å². The summed E-state index contributed by atoms with van der Waals surface area (Å²) in [6.07, 6.45) is 2.03. The second kappa shape index (κ2) is 5.61. The van der Waals surface area contributed by atoms with E-state index in [0.717, 1.165) is 35.3 Å². The highest BCUT2D eigenvalue weighted by atomic mass is 16.1. The number of fused-ring (bicyclic) bond motifs is 1. The predicted molar refractivity (Wildman–Crippen MR) is 79.8 cm³/mol. The first kappa shape index (κ1) is 14.5. The summed E-state index contributed by atoms with van der Waals surface area (Å²) in [6, 6.07) is 2.01. The molecular formula is C15H22N4O. The second-order valence-corrected chi connectivity index (χ2v) is 5.38. The molecule has 0 unspecified atom stereocenters. The minimum absolute atomic E-state index is 0.0439. The number of nitrogens with one attached hydrogen (secondary N) is 1. The Hall–Kier alpha value is -1.91. The van der Waals surface area contributed by atoms with Crippen LogP contribution in [0.2, 0.25) is 0 Å². The monoisotopic (exact) mass is 274 g/mol. The molecule has 1 N–H and O–H groups in total. The maximum Gasteiger partial charge on any atom is 0.252 e. The van der Waals surface area contributed by atoms with E-state index >= 15 is 0 Å². The van der Waals surface area contributed by atoms with Gasteiger partial charge in [0.05, 0.1) is 16.6 Å². The molecule has 2 rings (SSSR count). The number of rotatable bonds is 4. The summed E-state index contributed by atoms with van der Waals surface area (Å²) < 4.78 is 1.73. The van der Waals surface area contributed by atoms with Crippen LogP contribution in [0, 0.1) is 13.8 Å². The van der Waals surface area contributed by atoms with Gasteiger partial charge in [0.15, 0.2) is 5.65 Å². The van der Waals surface area contributed by atoms with Gasteiger partial charge in [-0.2, -0.15) is 5.10 Å². The van der Waals surface area contributed by atoms with Crippen LogP contribution in [0.25, 0.3) is 11.0 Å². The third-order valence-electron chi connectivity index (χ3n) is 3.44. The lowest BCUT2D eigenvalue weighted by Crippen LogP contribution is -2.32. The van der Waals surface area contributed by atoms with Crippen LogP contribution in [0.15, 0.2) is 6.07 Å². The fourth-order valence-electron chi connectivity index (χ4n) is 2.56. The van der Waals surface area contributed by atoms with E-state index in [0.29, 0.717) is 5.56 Å². The van der Waals surface area contributed by atoms with E-state index in [1.807, 2.05) is 33.9 Å². The Morgan fingerprint density at radius 1 is 1.45 bits per heavy atom. The lowest BCUT2D eigenvalue weighted by atomic mass is 10.1. The van der Waals surface area contributed by atoms with Crippen molar-refractivity contribution in [3.63, 3.8) is 0 Å². The summed E-state index contributed by atoms with van der Waals surface area (Å²) in [6.45, 7) is 7.95. The van der Waals surface area contributed by atoms with Gasteiger partial charge in [0.25, 0.3) is 5.91 Å². The molecule has 0 fully saturated rings. The average molecular weight is 274 g/mol. The van der Waals surface area contributed by atoms with Crippen LogP contribution in [0.4, 0.5) is 0 Å². The SMILES string of the molecule is CCC[C@H](C)NC(=O)c1cc(C)nc2c1c(C)nn2C. The smallest absolute Gasteiger partial charge is 0.252 e. The van der Waals surface area contributed by atoms with Crippen LogP contribution in [-0.2, 0) is 7.05 Å². The molecule has 0 bridgehead atoms. The molecule has 0 aliphatic rings. The normalized spacial score (nSPS) is 12.7. The Labute approximate surface area is 119 Å². The number of carbonyl (C=O) groups excluding carboxylic acids is 1. The van der Waals surface area contributed by atoms with Gasteiger partial charge < -0.3 is 5.32 Å². The van der Waals surface area contributed by atoms with Crippen molar-refractivity contribution in [2.45, 2.75) is 46.6 Å². The topological polar surface area (TPSA) is 59.8 Å². The quantitative estimate of drug-likeness (QED) is 0.932. The van der Waals surface area contributed by atoms with Gasteiger partial charge in [-0.05, 0) is 33.3 Å². The molecule has 0 aromatic carbocycles. The summed E-state index contributed by atoms with van der Waals surface area (Å²) in [5.74, 6) is -0.0439. The van der Waals surface area contributed by atoms with Crippen LogP contribution in [0.5, 0.6) is 0 Å². The Morgan fingerprint density at radius 2 is 2.15 bits per heavy atom. The molecule has 20 heavy (non-hydrogen) atoms. The molecule has 0 saturated carbocycles. The zero-order valence-electron chi connectivity index (χ0n) is 12.8. The Bertz CT molecular complexity index is 645. The summed E-state index contributed by atoms with van der Waals surface area (Å²) >= 11 is 0. The molecular weight excluding hydrogens is 252 g/mol.